The average Bonchev–Trinajstić information content (AvgIpc) is 3.01. The number of halogens is 2. The third-order valence-corrected chi connectivity index (χ3v) is 5.25. The molecular formula is C16H15ClFNOS. The zero-order valence-electron chi connectivity index (χ0n) is 11.4. The van der Waals surface area contributed by atoms with E-state index in [2.05, 4.69) is 17.5 Å². The summed E-state index contributed by atoms with van der Waals surface area (Å²) in [5.41, 5.74) is -0.00580. The number of nitrogens with zero attached hydrogens (tertiary/aromatic N) is 1. The number of piperidine rings is 1. The van der Waals surface area contributed by atoms with Crippen molar-refractivity contribution in [1.82, 2.24) is 4.90 Å². The van der Waals surface area contributed by atoms with Gasteiger partial charge in [-0.25, -0.2) is 4.39 Å². The van der Waals surface area contributed by atoms with E-state index in [4.69, 9.17) is 11.6 Å². The van der Waals surface area contributed by atoms with Crippen molar-refractivity contribution in [3.63, 3.8) is 0 Å². The van der Waals surface area contributed by atoms with Crippen LogP contribution in [0.5, 0.6) is 0 Å². The van der Waals surface area contributed by atoms with E-state index < -0.39 is 5.82 Å². The first-order chi connectivity index (χ1) is 10.2. The molecule has 3 rings (SSSR count). The summed E-state index contributed by atoms with van der Waals surface area (Å²) in [6, 6.07) is 8.53. The molecule has 0 radical (unpaired) electrons. The molecular weight excluding hydrogens is 309 g/mol. The largest absolute Gasteiger partial charge is 0.338 e. The predicted octanol–water partition coefficient (Wildman–Crippen LogP) is 4.56. The fourth-order valence-electron chi connectivity index (χ4n) is 2.75. The van der Waals surface area contributed by atoms with Crippen molar-refractivity contribution >= 4 is 28.8 Å². The van der Waals surface area contributed by atoms with Gasteiger partial charge in [-0.05, 0) is 42.3 Å². The zero-order chi connectivity index (χ0) is 14.8. The number of rotatable bonds is 2. The van der Waals surface area contributed by atoms with Gasteiger partial charge < -0.3 is 4.90 Å². The summed E-state index contributed by atoms with van der Waals surface area (Å²) in [7, 11) is 0. The monoisotopic (exact) mass is 323 g/mol. The zero-order valence-corrected chi connectivity index (χ0v) is 13.0. The van der Waals surface area contributed by atoms with Crippen LogP contribution in [0.15, 0.2) is 35.7 Å². The molecule has 21 heavy (non-hydrogen) atoms. The molecule has 0 atom stereocenters. The highest BCUT2D eigenvalue weighted by molar-refractivity contribution is 7.10. The summed E-state index contributed by atoms with van der Waals surface area (Å²) in [5, 5.41) is 2.26. The maximum absolute atomic E-state index is 13.8. The number of amides is 1. The maximum atomic E-state index is 13.8. The summed E-state index contributed by atoms with van der Waals surface area (Å²) in [6.07, 6.45) is 1.83. The van der Waals surface area contributed by atoms with Crippen LogP contribution < -0.4 is 0 Å². The molecule has 0 N–H and O–H groups in total. The Morgan fingerprint density at radius 1 is 1.24 bits per heavy atom. The standard InChI is InChI=1S/C16H15ClFNOS/c17-12-3-1-4-13(18)15(12)16(20)19-8-6-11(7-9-19)14-5-2-10-21-14/h1-5,10-11H,6-9H2. The number of carbonyl (C=O) groups is 1. The van der Waals surface area contributed by atoms with E-state index in [1.165, 1.54) is 17.0 Å². The summed E-state index contributed by atoms with van der Waals surface area (Å²) in [6.45, 7) is 1.29. The summed E-state index contributed by atoms with van der Waals surface area (Å²) < 4.78 is 13.8. The van der Waals surface area contributed by atoms with Crippen LogP contribution in [-0.2, 0) is 0 Å². The number of likely N-dealkylation sites (tertiary alicyclic amines) is 1. The van der Waals surface area contributed by atoms with Crippen LogP contribution in [0.4, 0.5) is 4.39 Å². The summed E-state index contributed by atoms with van der Waals surface area (Å²) >= 11 is 7.72. The van der Waals surface area contributed by atoms with Crippen LogP contribution in [0.1, 0.15) is 34.0 Å². The van der Waals surface area contributed by atoms with Gasteiger partial charge in [0.15, 0.2) is 0 Å². The van der Waals surface area contributed by atoms with Gasteiger partial charge in [-0.2, -0.15) is 0 Å². The van der Waals surface area contributed by atoms with Gasteiger partial charge in [-0.15, -0.1) is 11.3 Å². The van der Waals surface area contributed by atoms with Gasteiger partial charge in [-0.1, -0.05) is 23.7 Å². The minimum absolute atomic E-state index is 0.00580. The molecule has 2 aromatic rings. The van der Waals surface area contributed by atoms with Gasteiger partial charge in [0.2, 0.25) is 0 Å². The quantitative estimate of drug-likeness (QED) is 0.793. The van der Waals surface area contributed by atoms with Crippen molar-refractivity contribution in [3.05, 3.63) is 57.0 Å². The first kappa shape index (κ1) is 14.5. The van der Waals surface area contributed by atoms with Crippen molar-refractivity contribution in [1.29, 1.82) is 0 Å². The van der Waals surface area contributed by atoms with Crippen molar-refractivity contribution in [2.45, 2.75) is 18.8 Å². The molecule has 1 aromatic carbocycles. The maximum Gasteiger partial charge on any atom is 0.258 e. The second kappa shape index (κ2) is 6.16. The molecule has 0 aliphatic carbocycles. The Bertz CT molecular complexity index is 615. The second-order valence-electron chi connectivity index (χ2n) is 5.18. The first-order valence-corrected chi connectivity index (χ1v) is 8.19. The Hall–Kier alpha value is -1.39. The van der Waals surface area contributed by atoms with Crippen LogP contribution in [0.25, 0.3) is 0 Å². The lowest BCUT2D eigenvalue weighted by Gasteiger charge is -2.32. The molecule has 0 unspecified atom stereocenters. The Kier molecular flexibility index (Phi) is 4.27. The number of carbonyl (C=O) groups excluding carboxylic acids is 1. The van der Waals surface area contributed by atoms with Crippen LogP contribution in [0.2, 0.25) is 5.02 Å². The molecule has 1 amide bonds. The lowest BCUT2D eigenvalue weighted by Crippen LogP contribution is -2.38. The number of hydrogen-bond donors (Lipinski definition) is 0. The molecule has 1 aliphatic rings. The van der Waals surface area contributed by atoms with Gasteiger partial charge in [0, 0.05) is 18.0 Å². The van der Waals surface area contributed by atoms with E-state index in [-0.39, 0.29) is 16.5 Å². The van der Waals surface area contributed by atoms with Crippen molar-refractivity contribution in [2.75, 3.05) is 13.1 Å². The molecule has 1 aliphatic heterocycles. The van der Waals surface area contributed by atoms with Crippen LogP contribution in [0.3, 0.4) is 0 Å². The van der Waals surface area contributed by atoms with E-state index in [9.17, 15) is 9.18 Å². The third kappa shape index (κ3) is 2.97. The lowest BCUT2D eigenvalue weighted by atomic mass is 9.95. The molecule has 1 fully saturated rings. The highest BCUT2D eigenvalue weighted by Gasteiger charge is 2.27. The van der Waals surface area contributed by atoms with Crippen molar-refractivity contribution in [3.8, 4) is 0 Å². The molecule has 2 nitrogen and oxygen atoms in total. The van der Waals surface area contributed by atoms with E-state index in [0.717, 1.165) is 12.8 Å². The summed E-state index contributed by atoms with van der Waals surface area (Å²) in [4.78, 5) is 15.5. The number of benzene rings is 1. The molecule has 5 heteroatoms. The number of hydrogen-bond acceptors (Lipinski definition) is 2. The van der Waals surface area contributed by atoms with Crippen molar-refractivity contribution < 1.29 is 9.18 Å². The summed E-state index contributed by atoms with van der Waals surface area (Å²) in [5.74, 6) is -0.347. The Balaban J connectivity index is 1.71. The van der Waals surface area contributed by atoms with Crippen LogP contribution in [-0.4, -0.2) is 23.9 Å². The van der Waals surface area contributed by atoms with E-state index in [1.54, 1.807) is 22.3 Å². The van der Waals surface area contributed by atoms with E-state index in [1.807, 2.05) is 0 Å². The molecule has 1 aromatic heterocycles. The van der Waals surface area contributed by atoms with Gasteiger partial charge in [0.1, 0.15) is 5.82 Å². The molecule has 2 heterocycles. The fraction of sp³-hybridized carbons (Fsp3) is 0.312. The topological polar surface area (TPSA) is 20.3 Å². The van der Waals surface area contributed by atoms with Gasteiger partial charge in [-0.3, -0.25) is 4.79 Å². The Morgan fingerprint density at radius 2 is 2.00 bits per heavy atom. The normalized spacial score (nSPS) is 16.2. The molecule has 0 saturated carbocycles. The predicted molar refractivity (Wildman–Crippen MR) is 83.6 cm³/mol. The molecule has 110 valence electrons. The second-order valence-corrected chi connectivity index (χ2v) is 6.57. The Labute approximate surface area is 132 Å². The third-order valence-electron chi connectivity index (χ3n) is 3.90. The molecule has 1 saturated heterocycles. The fourth-order valence-corrected chi connectivity index (χ4v) is 3.89. The minimum Gasteiger partial charge on any atom is -0.338 e. The molecule has 0 bridgehead atoms. The highest BCUT2D eigenvalue weighted by Crippen LogP contribution is 2.32. The minimum atomic E-state index is -0.548. The van der Waals surface area contributed by atoms with Crippen molar-refractivity contribution in [2.24, 2.45) is 0 Å². The van der Waals surface area contributed by atoms with Gasteiger partial charge in [0.05, 0.1) is 10.6 Å². The smallest absolute Gasteiger partial charge is 0.258 e. The SMILES string of the molecule is O=C(c1c(F)cccc1Cl)N1CCC(c2cccs2)CC1. The van der Waals surface area contributed by atoms with E-state index in [0.29, 0.717) is 19.0 Å². The first-order valence-electron chi connectivity index (χ1n) is 6.93. The Morgan fingerprint density at radius 3 is 2.62 bits per heavy atom. The van der Waals surface area contributed by atoms with Gasteiger partial charge in [0.25, 0.3) is 5.91 Å². The van der Waals surface area contributed by atoms with E-state index >= 15 is 0 Å². The lowest BCUT2D eigenvalue weighted by molar-refractivity contribution is 0.0709. The van der Waals surface area contributed by atoms with Gasteiger partial charge >= 0.3 is 0 Å². The number of thiophene rings is 1. The highest BCUT2D eigenvalue weighted by atomic mass is 35.5. The molecule has 0 spiro atoms. The van der Waals surface area contributed by atoms with Crippen LogP contribution in [0, 0.1) is 5.82 Å². The van der Waals surface area contributed by atoms with Crippen LogP contribution >= 0.6 is 22.9 Å². The average molecular weight is 324 g/mol.